The molecule has 0 aliphatic heterocycles. The van der Waals surface area contributed by atoms with E-state index in [2.05, 4.69) is 0 Å². The molecular weight excluding hydrogens is 202 g/mol. The molecule has 0 saturated heterocycles. The zero-order chi connectivity index (χ0) is 11.1. The summed E-state index contributed by atoms with van der Waals surface area (Å²) in [5.74, 6) is 0.0219. The maximum atomic E-state index is 11.3. The third-order valence-electron chi connectivity index (χ3n) is 1.86. The summed E-state index contributed by atoms with van der Waals surface area (Å²) in [6.07, 6.45) is 0. The normalized spacial score (nSPS) is 12.3. The van der Waals surface area contributed by atoms with Gasteiger partial charge in [0.1, 0.15) is 5.38 Å². The summed E-state index contributed by atoms with van der Waals surface area (Å²) in [6.45, 7) is 3.39. The summed E-state index contributed by atoms with van der Waals surface area (Å²) in [5, 5.41) is 7.97. The fourth-order valence-corrected chi connectivity index (χ4v) is 1.10. The van der Waals surface area contributed by atoms with E-state index in [-0.39, 0.29) is 5.91 Å². The number of carbonyl (C=O) groups is 1. The molecule has 0 aliphatic rings. The predicted molar refractivity (Wildman–Crippen MR) is 56.1 cm³/mol. The van der Waals surface area contributed by atoms with Crippen molar-refractivity contribution in [3.8, 4) is 6.07 Å². The van der Waals surface area contributed by atoms with E-state index in [0.717, 1.165) is 0 Å². The molecule has 0 aliphatic carbocycles. The lowest BCUT2D eigenvalue weighted by Gasteiger charge is -2.21. The largest absolute Gasteiger partial charge is 0.348 e. The van der Waals surface area contributed by atoms with Crippen molar-refractivity contribution in [3.05, 3.63) is 0 Å². The third-order valence-corrected chi connectivity index (χ3v) is 2.10. The van der Waals surface area contributed by atoms with Crippen LogP contribution in [-0.4, -0.2) is 54.8 Å². The highest BCUT2D eigenvalue weighted by atomic mass is 35.5. The highest BCUT2D eigenvalue weighted by Gasteiger charge is 2.13. The summed E-state index contributed by atoms with van der Waals surface area (Å²) in [5.41, 5.74) is 0. The lowest BCUT2D eigenvalue weighted by atomic mass is 10.3. The van der Waals surface area contributed by atoms with Crippen LogP contribution < -0.4 is 0 Å². The molecule has 0 N–H and O–H groups in total. The van der Waals surface area contributed by atoms with Crippen LogP contribution in [0.4, 0.5) is 0 Å². The fraction of sp³-hybridized carbons (Fsp3) is 0.778. The van der Waals surface area contributed by atoms with E-state index < -0.39 is 5.38 Å². The number of alkyl halides is 1. The number of carbonyl (C=O) groups excluding carboxylic acids is 1. The van der Waals surface area contributed by atoms with E-state index in [4.69, 9.17) is 16.9 Å². The van der Waals surface area contributed by atoms with Gasteiger partial charge in [-0.15, -0.1) is 11.6 Å². The van der Waals surface area contributed by atoms with Gasteiger partial charge in [0.05, 0.1) is 12.6 Å². The molecular formula is C9H16ClN3O. The Hall–Kier alpha value is -0.790. The van der Waals surface area contributed by atoms with Crippen LogP contribution in [0.2, 0.25) is 0 Å². The Morgan fingerprint density at radius 3 is 2.50 bits per heavy atom. The molecule has 80 valence electrons. The number of hydrogen-bond acceptors (Lipinski definition) is 3. The van der Waals surface area contributed by atoms with Crippen molar-refractivity contribution in [1.29, 1.82) is 5.26 Å². The fourth-order valence-electron chi connectivity index (χ4n) is 0.906. The second-order valence-electron chi connectivity index (χ2n) is 3.21. The van der Waals surface area contributed by atoms with Crippen molar-refractivity contribution in [3.63, 3.8) is 0 Å². The molecule has 0 bridgehead atoms. The Morgan fingerprint density at radius 1 is 1.57 bits per heavy atom. The van der Waals surface area contributed by atoms with Gasteiger partial charge >= 0.3 is 0 Å². The SMILES string of the molecule is CCN(CC(=O)N(C)C)CC(Cl)C#N. The Bertz CT molecular complexity index is 225. The molecule has 0 aromatic heterocycles. The number of nitriles is 1. The molecule has 0 spiro atoms. The highest BCUT2D eigenvalue weighted by molar-refractivity contribution is 6.22. The van der Waals surface area contributed by atoms with Gasteiger partial charge < -0.3 is 4.90 Å². The van der Waals surface area contributed by atoms with Crippen LogP contribution in [0.3, 0.4) is 0 Å². The zero-order valence-electron chi connectivity index (χ0n) is 8.83. The van der Waals surface area contributed by atoms with E-state index in [1.807, 2.05) is 17.9 Å². The minimum atomic E-state index is -0.551. The van der Waals surface area contributed by atoms with E-state index in [0.29, 0.717) is 19.6 Å². The average Bonchev–Trinajstić information content (AvgIpc) is 2.16. The Morgan fingerprint density at radius 2 is 2.14 bits per heavy atom. The first-order chi connectivity index (χ1) is 6.51. The minimum Gasteiger partial charge on any atom is -0.348 e. The molecule has 0 aromatic rings. The lowest BCUT2D eigenvalue weighted by molar-refractivity contribution is -0.129. The Balaban J connectivity index is 4.04. The standard InChI is InChI=1S/C9H16ClN3O/c1-4-13(6-8(10)5-11)7-9(14)12(2)3/h8H,4,6-7H2,1-3H3. The monoisotopic (exact) mass is 217 g/mol. The number of hydrogen-bond donors (Lipinski definition) is 0. The van der Waals surface area contributed by atoms with Crippen molar-refractivity contribution >= 4 is 17.5 Å². The molecule has 0 radical (unpaired) electrons. The van der Waals surface area contributed by atoms with E-state index in [1.165, 1.54) is 4.90 Å². The lowest BCUT2D eigenvalue weighted by Crippen LogP contribution is -2.39. The maximum absolute atomic E-state index is 11.3. The molecule has 1 unspecified atom stereocenters. The molecule has 0 aromatic carbocycles. The second-order valence-corrected chi connectivity index (χ2v) is 3.74. The summed E-state index contributed by atoms with van der Waals surface area (Å²) >= 11 is 5.67. The number of halogens is 1. The van der Waals surface area contributed by atoms with Gasteiger partial charge in [-0.3, -0.25) is 9.69 Å². The molecule has 1 atom stereocenters. The Labute approximate surface area is 90.0 Å². The zero-order valence-corrected chi connectivity index (χ0v) is 9.58. The predicted octanol–water partition coefficient (Wildman–Crippen LogP) is 0.527. The van der Waals surface area contributed by atoms with Crippen molar-refractivity contribution in [1.82, 2.24) is 9.80 Å². The van der Waals surface area contributed by atoms with Crippen molar-refractivity contribution < 1.29 is 4.79 Å². The van der Waals surface area contributed by atoms with Gasteiger partial charge in [0, 0.05) is 20.6 Å². The highest BCUT2D eigenvalue weighted by Crippen LogP contribution is 1.99. The van der Waals surface area contributed by atoms with Crippen molar-refractivity contribution in [2.45, 2.75) is 12.3 Å². The van der Waals surface area contributed by atoms with Crippen LogP contribution in [0, 0.1) is 11.3 Å². The first-order valence-electron chi connectivity index (χ1n) is 4.47. The topological polar surface area (TPSA) is 47.3 Å². The third kappa shape index (κ3) is 5.05. The molecule has 4 nitrogen and oxygen atoms in total. The summed E-state index contributed by atoms with van der Waals surface area (Å²) in [6, 6.07) is 1.93. The quantitative estimate of drug-likeness (QED) is 0.632. The van der Waals surface area contributed by atoms with E-state index >= 15 is 0 Å². The average molecular weight is 218 g/mol. The van der Waals surface area contributed by atoms with Gasteiger partial charge in [-0.05, 0) is 6.54 Å². The van der Waals surface area contributed by atoms with Gasteiger partial charge in [-0.1, -0.05) is 6.92 Å². The van der Waals surface area contributed by atoms with E-state index in [1.54, 1.807) is 14.1 Å². The second kappa shape index (κ2) is 6.63. The van der Waals surface area contributed by atoms with E-state index in [9.17, 15) is 4.79 Å². The summed E-state index contributed by atoms with van der Waals surface area (Å²) in [4.78, 5) is 14.7. The van der Waals surface area contributed by atoms with Gasteiger partial charge in [0.25, 0.3) is 0 Å². The van der Waals surface area contributed by atoms with Crippen LogP contribution in [0.5, 0.6) is 0 Å². The number of amides is 1. The number of likely N-dealkylation sites (N-methyl/N-ethyl adjacent to an activating group) is 2. The Kier molecular flexibility index (Phi) is 6.26. The first-order valence-corrected chi connectivity index (χ1v) is 4.91. The van der Waals surface area contributed by atoms with Gasteiger partial charge in [0.15, 0.2) is 0 Å². The van der Waals surface area contributed by atoms with Crippen LogP contribution in [-0.2, 0) is 4.79 Å². The number of nitrogens with zero attached hydrogens (tertiary/aromatic N) is 3. The summed E-state index contributed by atoms with van der Waals surface area (Å²) < 4.78 is 0. The van der Waals surface area contributed by atoms with Crippen LogP contribution in [0.1, 0.15) is 6.92 Å². The van der Waals surface area contributed by atoms with Crippen LogP contribution in [0.25, 0.3) is 0 Å². The van der Waals surface area contributed by atoms with Gasteiger partial charge in [-0.2, -0.15) is 5.26 Å². The molecule has 5 heteroatoms. The van der Waals surface area contributed by atoms with Crippen molar-refractivity contribution in [2.24, 2.45) is 0 Å². The maximum Gasteiger partial charge on any atom is 0.236 e. The van der Waals surface area contributed by atoms with Crippen molar-refractivity contribution in [2.75, 3.05) is 33.7 Å². The molecule has 14 heavy (non-hydrogen) atoms. The minimum absolute atomic E-state index is 0.0219. The molecule has 0 saturated carbocycles. The van der Waals surface area contributed by atoms with Gasteiger partial charge in [0.2, 0.25) is 5.91 Å². The summed E-state index contributed by atoms with van der Waals surface area (Å²) in [7, 11) is 3.41. The first kappa shape index (κ1) is 13.2. The molecule has 1 amide bonds. The number of rotatable bonds is 5. The van der Waals surface area contributed by atoms with Crippen LogP contribution >= 0.6 is 11.6 Å². The van der Waals surface area contributed by atoms with Crippen LogP contribution in [0.15, 0.2) is 0 Å². The van der Waals surface area contributed by atoms with Gasteiger partial charge in [-0.25, -0.2) is 0 Å². The molecule has 0 fully saturated rings. The molecule has 0 rings (SSSR count). The smallest absolute Gasteiger partial charge is 0.236 e. The molecule has 0 heterocycles.